The van der Waals surface area contributed by atoms with Gasteiger partial charge in [-0.25, -0.2) is 0 Å². The normalized spacial score (nSPS) is 13.7. The molecule has 30 heavy (non-hydrogen) atoms. The van der Waals surface area contributed by atoms with Crippen LogP contribution >= 0.6 is 11.8 Å². The molecule has 4 rings (SSSR count). The summed E-state index contributed by atoms with van der Waals surface area (Å²) in [6, 6.07) is 17.8. The number of thioether (sulfide) groups is 1. The third kappa shape index (κ3) is 4.71. The molecule has 0 radical (unpaired) electrons. The fourth-order valence-corrected chi connectivity index (χ4v) is 4.33. The van der Waals surface area contributed by atoms with Crippen molar-refractivity contribution < 1.29 is 4.79 Å². The molecule has 1 atom stereocenters. The Morgan fingerprint density at radius 3 is 2.73 bits per heavy atom. The number of carbonyl (C=O) groups excluding carboxylic acids is 1. The molecule has 154 valence electrons. The molecular weight excluding hydrogens is 396 g/mol. The first kappa shape index (κ1) is 20.2. The highest BCUT2D eigenvalue weighted by atomic mass is 32.2. The molecule has 1 amide bonds. The highest BCUT2D eigenvalue weighted by molar-refractivity contribution is 7.99. The molecule has 7 nitrogen and oxygen atoms in total. The Hall–Kier alpha value is -3.13. The standard InChI is InChI=1S/C22H24N6OS/c1-15(20-25-21(23)27-22(26-20)24-17-8-3-2-4-9-17)30-14-12-19(29)28-13-11-16-7-5-6-10-18(16)28/h2-10,15H,11-14H2,1H3,(H3,23,24,25,26,27). The van der Waals surface area contributed by atoms with E-state index in [9.17, 15) is 4.79 Å². The summed E-state index contributed by atoms with van der Waals surface area (Å²) in [5.74, 6) is 2.04. The Morgan fingerprint density at radius 1 is 1.13 bits per heavy atom. The number of benzene rings is 2. The average Bonchev–Trinajstić information content (AvgIpc) is 3.18. The SMILES string of the molecule is CC(SCCC(=O)N1CCc2ccccc21)c1nc(N)nc(Nc2ccccc2)n1. The molecule has 0 bridgehead atoms. The summed E-state index contributed by atoms with van der Waals surface area (Å²) in [5.41, 5.74) is 9.05. The van der Waals surface area contributed by atoms with Gasteiger partial charge in [0.25, 0.3) is 0 Å². The largest absolute Gasteiger partial charge is 0.368 e. The van der Waals surface area contributed by atoms with Gasteiger partial charge < -0.3 is 16.0 Å². The van der Waals surface area contributed by atoms with Gasteiger partial charge in [-0.3, -0.25) is 4.79 Å². The maximum absolute atomic E-state index is 12.7. The molecule has 0 aliphatic carbocycles. The van der Waals surface area contributed by atoms with E-state index in [-0.39, 0.29) is 17.1 Å². The Morgan fingerprint density at radius 2 is 1.90 bits per heavy atom. The Kier molecular flexibility index (Phi) is 6.13. The summed E-state index contributed by atoms with van der Waals surface area (Å²) in [7, 11) is 0. The lowest BCUT2D eigenvalue weighted by atomic mass is 10.2. The van der Waals surface area contributed by atoms with E-state index >= 15 is 0 Å². The Bertz CT molecular complexity index is 1030. The summed E-state index contributed by atoms with van der Waals surface area (Å²) in [6.45, 7) is 2.78. The maximum Gasteiger partial charge on any atom is 0.232 e. The van der Waals surface area contributed by atoms with Crippen molar-refractivity contribution in [2.75, 3.05) is 28.2 Å². The summed E-state index contributed by atoms with van der Waals surface area (Å²) >= 11 is 1.64. The first-order valence-corrected chi connectivity index (χ1v) is 11.0. The molecule has 1 unspecified atom stereocenters. The molecule has 3 N–H and O–H groups in total. The van der Waals surface area contributed by atoms with Gasteiger partial charge in [0.2, 0.25) is 17.8 Å². The zero-order chi connectivity index (χ0) is 20.9. The number of anilines is 4. The molecule has 0 fully saturated rings. The van der Waals surface area contributed by atoms with Gasteiger partial charge in [0, 0.05) is 30.1 Å². The summed E-state index contributed by atoms with van der Waals surface area (Å²) < 4.78 is 0. The summed E-state index contributed by atoms with van der Waals surface area (Å²) in [4.78, 5) is 27.5. The predicted molar refractivity (Wildman–Crippen MR) is 122 cm³/mol. The van der Waals surface area contributed by atoms with Crippen LogP contribution in [-0.4, -0.2) is 33.2 Å². The maximum atomic E-state index is 12.7. The third-order valence-corrected chi connectivity index (χ3v) is 6.09. The van der Waals surface area contributed by atoms with Crippen LogP contribution in [0.4, 0.5) is 23.3 Å². The number of nitrogen functional groups attached to an aromatic ring is 1. The van der Waals surface area contributed by atoms with Gasteiger partial charge in [-0.15, -0.1) is 0 Å². The number of rotatable bonds is 7. The fourth-order valence-electron chi connectivity index (χ4n) is 3.43. The Labute approximate surface area is 180 Å². The van der Waals surface area contributed by atoms with Crippen LogP contribution in [0.15, 0.2) is 54.6 Å². The lowest BCUT2D eigenvalue weighted by Gasteiger charge is -2.18. The second kappa shape index (κ2) is 9.13. The first-order chi connectivity index (χ1) is 14.6. The zero-order valence-electron chi connectivity index (χ0n) is 16.8. The molecule has 0 spiro atoms. The van der Waals surface area contributed by atoms with Crippen LogP contribution < -0.4 is 16.0 Å². The second-order valence-electron chi connectivity index (χ2n) is 7.05. The number of nitrogens with zero attached hydrogens (tertiary/aromatic N) is 4. The van der Waals surface area contributed by atoms with Gasteiger partial charge >= 0.3 is 0 Å². The van der Waals surface area contributed by atoms with Gasteiger partial charge in [0.1, 0.15) is 5.82 Å². The van der Waals surface area contributed by atoms with E-state index in [1.54, 1.807) is 11.8 Å². The van der Waals surface area contributed by atoms with E-state index in [2.05, 4.69) is 26.3 Å². The van der Waals surface area contributed by atoms with Crippen LogP contribution in [-0.2, 0) is 11.2 Å². The number of nitrogens with two attached hydrogens (primary N) is 1. The molecule has 1 aliphatic rings. The monoisotopic (exact) mass is 420 g/mol. The van der Waals surface area contributed by atoms with Crippen molar-refractivity contribution in [2.24, 2.45) is 0 Å². The number of amides is 1. The molecule has 0 saturated carbocycles. The molecule has 2 aromatic carbocycles. The van der Waals surface area contributed by atoms with Crippen molar-refractivity contribution >= 4 is 40.9 Å². The lowest BCUT2D eigenvalue weighted by Crippen LogP contribution is -2.29. The Balaban J connectivity index is 1.34. The zero-order valence-corrected chi connectivity index (χ0v) is 17.6. The van der Waals surface area contributed by atoms with Gasteiger partial charge in [0.05, 0.1) is 5.25 Å². The van der Waals surface area contributed by atoms with Crippen LogP contribution in [0.25, 0.3) is 0 Å². The lowest BCUT2D eigenvalue weighted by molar-refractivity contribution is -0.118. The third-order valence-electron chi connectivity index (χ3n) is 4.94. The molecule has 2 heterocycles. The minimum atomic E-state index is -0.00899. The van der Waals surface area contributed by atoms with Crippen LogP contribution in [0, 0.1) is 0 Å². The van der Waals surface area contributed by atoms with E-state index in [4.69, 9.17) is 5.73 Å². The van der Waals surface area contributed by atoms with Crippen molar-refractivity contribution in [3.63, 3.8) is 0 Å². The number of para-hydroxylation sites is 2. The topological polar surface area (TPSA) is 97.0 Å². The molecule has 8 heteroatoms. The molecule has 1 aromatic heterocycles. The number of fused-ring (bicyclic) bond motifs is 1. The number of carbonyl (C=O) groups is 1. The van der Waals surface area contributed by atoms with E-state index in [1.807, 2.05) is 60.4 Å². The highest BCUT2D eigenvalue weighted by Gasteiger charge is 2.24. The second-order valence-corrected chi connectivity index (χ2v) is 8.50. The van der Waals surface area contributed by atoms with Crippen LogP contribution in [0.2, 0.25) is 0 Å². The van der Waals surface area contributed by atoms with E-state index < -0.39 is 0 Å². The van der Waals surface area contributed by atoms with E-state index in [1.165, 1.54) is 5.56 Å². The molecule has 0 saturated heterocycles. The van der Waals surface area contributed by atoms with E-state index in [0.29, 0.717) is 23.9 Å². The highest BCUT2D eigenvalue weighted by Crippen LogP contribution is 2.30. The number of hydrogen-bond acceptors (Lipinski definition) is 7. The van der Waals surface area contributed by atoms with Crippen molar-refractivity contribution in [1.82, 2.24) is 15.0 Å². The van der Waals surface area contributed by atoms with Crippen LogP contribution in [0.3, 0.4) is 0 Å². The molecule has 1 aliphatic heterocycles. The summed E-state index contributed by atoms with van der Waals surface area (Å²) in [6.07, 6.45) is 1.39. The first-order valence-electron chi connectivity index (χ1n) is 9.93. The van der Waals surface area contributed by atoms with Gasteiger partial charge in [0.15, 0.2) is 0 Å². The minimum absolute atomic E-state index is 0.00899. The van der Waals surface area contributed by atoms with Gasteiger partial charge in [-0.1, -0.05) is 36.4 Å². The van der Waals surface area contributed by atoms with Crippen molar-refractivity contribution in [1.29, 1.82) is 0 Å². The number of aromatic nitrogens is 3. The average molecular weight is 421 g/mol. The van der Waals surface area contributed by atoms with Crippen molar-refractivity contribution in [3.8, 4) is 0 Å². The smallest absolute Gasteiger partial charge is 0.232 e. The minimum Gasteiger partial charge on any atom is -0.368 e. The molecular formula is C22H24N6OS. The quantitative estimate of drug-likeness (QED) is 0.597. The van der Waals surface area contributed by atoms with Crippen LogP contribution in [0.5, 0.6) is 0 Å². The summed E-state index contributed by atoms with van der Waals surface area (Å²) in [5, 5.41) is 3.14. The predicted octanol–water partition coefficient (Wildman–Crippen LogP) is 3.97. The fraction of sp³-hybridized carbons (Fsp3) is 0.273. The van der Waals surface area contributed by atoms with Gasteiger partial charge in [-0.2, -0.15) is 26.7 Å². The number of hydrogen-bond donors (Lipinski definition) is 2. The van der Waals surface area contributed by atoms with Crippen LogP contribution in [0.1, 0.15) is 30.0 Å². The van der Waals surface area contributed by atoms with Gasteiger partial charge in [-0.05, 0) is 37.1 Å². The number of nitrogens with one attached hydrogen (secondary N) is 1. The van der Waals surface area contributed by atoms with Crippen molar-refractivity contribution in [2.45, 2.75) is 25.0 Å². The molecule has 3 aromatic rings. The van der Waals surface area contributed by atoms with Crippen molar-refractivity contribution in [3.05, 3.63) is 66.0 Å². The van der Waals surface area contributed by atoms with E-state index in [0.717, 1.165) is 24.3 Å².